The fourth-order valence-corrected chi connectivity index (χ4v) is 1.38. The van der Waals surface area contributed by atoms with E-state index < -0.39 is 12.0 Å². The Balaban J connectivity index is 3.34. The van der Waals surface area contributed by atoms with Crippen LogP contribution >= 0.6 is 0 Å². The highest BCUT2D eigenvalue weighted by molar-refractivity contribution is 5.72. The van der Waals surface area contributed by atoms with Gasteiger partial charge in [0.05, 0.1) is 18.6 Å². The maximum Gasteiger partial charge on any atom is 0.311 e. The molecule has 0 aliphatic heterocycles. The summed E-state index contributed by atoms with van der Waals surface area (Å²) in [5.41, 5.74) is 0. The molecule has 0 unspecified atom stereocenters. The number of esters is 1. The van der Waals surface area contributed by atoms with E-state index in [4.69, 9.17) is 4.74 Å². The van der Waals surface area contributed by atoms with Crippen molar-refractivity contribution in [1.29, 1.82) is 0 Å². The number of unbranched alkanes of at least 4 members (excludes halogenated alkanes) is 5. The van der Waals surface area contributed by atoms with Gasteiger partial charge in [0.1, 0.15) is 0 Å². The number of carbonyl (C=O) groups excluding carboxylic acids is 1. The van der Waals surface area contributed by atoms with Crippen LogP contribution in [-0.4, -0.2) is 23.8 Å². The van der Waals surface area contributed by atoms with Gasteiger partial charge in [0.25, 0.3) is 0 Å². The molecule has 0 radical (unpaired) electrons. The lowest BCUT2D eigenvalue weighted by Gasteiger charge is -2.13. The Hall–Kier alpha value is -0.570. The van der Waals surface area contributed by atoms with Gasteiger partial charge in [-0.2, -0.15) is 0 Å². The quantitative estimate of drug-likeness (QED) is 0.489. The molecular weight excluding hydrogens is 204 g/mol. The van der Waals surface area contributed by atoms with Gasteiger partial charge in [0.2, 0.25) is 0 Å². The van der Waals surface area contributed by atoms with Crippen LogP contribution in [-0.2, 0) is 9.53 Å². The molecule has 0 spiro atoms. The second-order valence-corrected chi connectivity index (χ2v) is 4.46. The van der Waals surface area contributed by atoms with E-state index in [0.29, 0.717) is 6.61 Å². The molecule has 2 atom stereocenters. The van der Waals surface area contributed by atoms with Crippen molar-refractivity contribution in [2.45, 2.75) is 65.4 Å². The van der Waals surface area contributed by atoms with Gasteiger partial charge in [-0.1, -0.05) is 39.0 Å². The summed E-state index contributed by atoms with van der Waals surface area (Å²) in [4.78, 5) is 11.3. The third kappa shape index (κ3) is 7.69. The van der Waals surface area contributed by atoms with Gasteiger partial charge in [0, 0.05) is 0 Å². The lowest BCUT2D eigenvalue weighted by atomic mass is 10.1. The Morgan fingerprint density at radius 1 is 1.12 bits per heavy atom. The van der Waals surface area contributed by atoms with E-state index in [1.54, 1.807) is 13.8 Å². The van der Waals surface area contributed by atoms with Gasteiger partial charge >= 0.3 is 5.97 Å². The van der Waals surface area contributed by atoms with Crippen LogP contribution in [0.25, 0.3) is 0 Å². The van der Waals surface area contributed by atoms with Crippen LogP contribution in [0.5, 0.6) is 0 Å². The molecule has 0 aromatic rings. The maximum absolute atomic E-state index is 11.3. The molecule has 0 aromatic carbocycles. The van der Waals surface area contributed by atoms with Gasteiger partial charge in [-0.05, 0) is 20.3 Å². The summed E-state index contributed by atoms with van der Waals surface area (Å²) in [5, 5.41) is 9.19. The van der Waals surface area contributed by atoms with Gasteiger partial charge in [-0.25, -0.2) is 0 Å². The largest absolute Gasteiger partial charge is 0.465 e. The number of aliphatic hydroxyl groups excluding tert-OH is 1. The molecule has 0 bridgehead atoms. The van der Waals surface area contributed by atoms with E-state index in [1.165, 1.54) is 25.7 Å². The van der Waals surface area contributed by atoms with Crippen molar-refractivity contribution in [1.82, 2.24) is 0 Å². The van der Waals surface area contributed by atoms with Crippen molar-refractivity contribution in [2.75, 3.05) is 6.61 Å². The highest BCUT2D eigenvalue weighted by Crippen LogP contribution is 2.07. The molecule has 0 saturated carbocycles. The summed E-state index contributed by atoms with van der Waals surface area (Å²) in [7, 11) is 0. The third-order valence-electron chi connectivity index (χ3n) is 2.84. The zero-order chi connectivity index (χ0) is 12.4. The standard InChI is InChI=1S/C13H26O3/c1-4-5-6-7-8-9-10-16-13(15)11(2)12(3)14/h11-12,14H,4-10H2,1-3H3/t11-,12+/m1/s1. The first-order chi connectivity index (χ1) is 7.59. The van der Waals surface area contributed by atoms with E-state index >= 15 is 0 Å². The van der Waals surface area contributed by atoms with E-state index in [-0.39, 0.29) is 5.97 Å². The van der Waals surface area contributed by atoms with Crippen molar-refractivity contribution >= 4 is 5.97 Å². The van der Waals surface area contributed by atoms with E-state index in [1.807, 2.05) is 0 Å². The summed E-state index contributed by atoms with van der Waals surface area (Å²) in [5.74, 6) is -0.705. The number of hydrogen-bond acceptors (Lipinski definition) is 3. The second-order valence-electron chi connectivity index (χ2n) is 4.46. The van der Waals surface area contributed by atoms with Crippen LogP contribution in [0.4, 0.5) is 0 Å². The third-order valence-corrected chi connectivity index (χ3v) is 2.84. The highest BCUT2D eigenvalue weighted by atomic mass is 16.5. The molecule has 0 aromatic heterocycles. The first-order valence-electron chi connectivity index (χ1n) is 6.44. The Morgan fingerprint density at radius 2 is 1.69 bits per heavy atom. The normalized spacial score (nSPS) is 14.5. The topological polar surface area (TPSA) is 46.5 Å². The lowest BCUT2D eigenvalue weighted by molar-refractivity contribution is -0.151. The van der Waals surface area contributed by atoms with Crippen LogP contribution < -0.4 is 0 Å². The average molecular weight is 230 g/mol. The Morgan fingerprint density at radius 3 is 2.25 bits per heavy atom. The first-order valence-corrected chi connectivity index (χ1v) is 6.44. The summed E-state index contributed by atoms with van der Waals surface area (Å²) in [6.07, 6.45) is 6.46. The number of carbonyl (C=O) groups is 1. The van der Waals surface area contributed by atoms with Gasteiger partial charge < -0.3 is 9.84 Å². The zero-order valence-corrected chi connectivity index (χ0v) is 10.9. The van der Waals surface area contributed by atoms with Crippen LogP contribution in [0.15, 0.2) is 0 Å². The van der Waals surface area contributed by atoms with Gasteiger partial charge in [-0.15, -0.1) is 0 Å². The van der Waals surface area contributed by atoms with Crippen molar-refractivity contribution in [3.8, 4) is 0 Å². The van der Waals surface area contributed by atoms with E-state index in [2.05, 4.69) is 6.92 Å². The Labute approximate surface area is 99.2 Å². The molecule has 0 saturated heterocycles. The van der Waals surface area contributed by atoms with Crippen molar-refractivity contribution in [3.05, 3.63) is 0 Å². The molecule has 3 heteroatoms. The molecule has 0 amide bonds. The number of ether oxygens (including phenoxy) is 1. The second kappa shape index (κ2) is 9.64. The Kier molecular flexibility index (Phi) is 9.30. The Bertz CT molecular complexity index is 178. The van der Waals surface area contributed by atoms with Crippen LogP contribution in [0, 0.1) is 5.92 Å². The lowest BCUT2D eigenvalue weighted by Crippen LogP contribution is -2.25. The molecule has 96 valence electrons. The molecule has 0 heterocycles. The van der Waals surface area contributed by atoms with E-state index in [9.17, 15) is 9.90 Å². The van der Waals surface area contributed by atoms with Crippen molar-refractivity contribution in [3.63, 3.8) is 0 Å². The monoisotopic (exact) mass is 230 g/mol. The van der Waals surface area contributed by atoms with Crippen LogP contribution in [0.3, 0.4) is 0 Å². The van der Waals surface area contributed by atoms with E-state index in [0.717, 1.165) is 12.8 Å². The predicted octanol–water partition coefficient (Wildman–Crippen LogP) is 2.91. The molecular formula is C13H26O3. The zero-order valence-electron chi connectivity index (χ0n) is 10.9. The molecule has 3 nitrogen and oxygen atoms in total. The van der Waals surface area contributed by atoms with Crippen molar-refractivity contribution in [2.24, 2.45) is 5.92 Å². The molecule has 1 N–H and O–H groups in total. The average Bonchev–Trinajstić information content (AvgIpc) is 2.26. The summed E-state index contributed by atoms with van der Waals surface area (Å²) < 4.78 is 5.07. The highest BCUT2D eigenvalue weighted by Gasteiger charge is 2.19. The summed E-state index contributed by atoms with van der Waals surface area (Å²) >= 11 is 0. The van der Waals surface area contributed by atoms with Crippen LogP contribution in [0.2, 0.25) is 0 Å². The number of rotatable bonds is 9. The molecule has 0 aliphatic rings. The predicted molar refractivity (Wildman–Crippen MR) is 65.2 cm³/mol. The summed E-state index contributed by atoms with van der Waals surface area (Å²) in [6.45, 7) is 5.98. The first kappa shape index (κ1) is 15.4. The molecule has 0 rings (SSSR count). The van der Waals surface area contributed by atoms with Gasteiger partial charge in [0.15, 0.2) is 0 Å². The molecule has 16 heavy (non-hydrogen) atoms. The van der Waals surface area contributed by atoms with Crippen molar-refractivity contribution < 1.29 is 14.6 Å². The minimum atomic E-state index is -0.628. The fourth-order valence-electron chi connectivity index (χ4n) is 1.38. The molecule has 0 fully saturated rings. The van der Waals surface area contributed by atoms with Crippen LogP contribution in [0.1, 0.15) is 59.3 Å². The minimum Gasteiger partial charge on any atom is -0.465 e. The smallest absolute Gasteiger partial charge is 0.311 e. The SMILES string of the molecule is CCCCCCCCOC(=O)[C@H](C)[C@H](C)O. The van der Waals surface area contributed by atoms with Gasteiger partial charge in [-0.3, -0.25) is 4.79 Å². The minimum absolute atomic E-state index is 0.288. The fraction of sp³-hybridized carbons (Fsp3) is 0.923. The summed E-state index contributed by atoms with van der Waals surface area (Å²) in [6, 6.07) is 0. The maximum atomic E-state index is 11.3. The number of hydrogen-bond donors (Lipinski definition) is 1. The number of aliphatic hydroxyl groups is 1. The molecule has 0 aliphatic carbocycles.